The van der Waals surface area contributed by atoms with Crippen LogP contribution in [0.5, 0.6) is 5.75 Å². The van der Waals surface area contributed by atoms with Crippen LogP contribution >= 0.6 is 0 Å². The van der Waals surface area contributed by atoms with Crippen LogP contribution in [0.15, 0.2) is 73.1 Å². The van der Waals surface area contributed by atoms with Gasteiger partial charge in [-0.15, -0.1) is 0 Å². The Morgan fingerprint density at radius 3 is 2.48 bits per heavy atom. The minimum absolute atomic E-state index is 0.572. The second-order valence-corrected chi connectivity index (χ2v) is 5.64. The fourth-order valence-corrected chi connectivity index (χ4v) is 3.06. The number of methoxy groups -OCH3 is 1. The first-order valence-corrected chi connectivity index (χ1v) is 7.92. The Bertz CT molecular complexity index is 1060. The van der Waals surface area contributed by atoms with Crippen LogP contribution in [0, 0.1) is 11.3 Å². The molecule has 25 heavy (non-hydrogen) atoms. The first kappa shape index (κ1) is 15.0. The molecule has 0 N–H and O–H groups in total. The van der Waals surface area contributed by atoms with Crippen LogP contribution in [0.2, 0.25) is 0 Å². The highest BCUT2D eigenvalue weighted by molar-refractivity contribution is 5.90. The van der Waals surface area contributed by atoms with Gasteiger partial charge >= 0.3 is 0 Å². The van der Waals surface area contributed by atoms with Crippen molar-refractivity contribution in [3.8, 4) is 34.2 Å². The first-order valence-electron chi connectivity index (χ1n) is 7.92. The molecule has 0 aliphatic heterocycles. The predicted molar refractivity (Wildman–Crippen MR) is 97.3 cm³/mol. The number of nitriles is 1. The van der Waals surface area contributed by atoms with Crippen molar-refractivity contribution in [2.45, 2.75) is 0 Å². The van der Waals surface area contributed by atoms with E-state index in [1.54, 1.807) is 13.2 Å². The van der Waals surface area contributed by atoms with E-state index in [4.69, 9.17) is 9.72 Å². The van der Waals surface area contributed by atoms with E-state index >= 15 is 0 Å². The van der Waals surface area contributed by atoms with E-state index in [1.807, 2.05) is 71.4 Å². The van der Waals surface area contributed by atoms with Crippen LogP contribution in [0.1, 0.15) is 5.56 Å². The topological polar surface area (TPSA) is 50.3 Å². The molecular weight excluding hydrogens is 310 g/mol. The lowest BCUT2D eigenvalue weighted by Crippen LogP contribution is -1.95. The van der Waals surface area contributed by atoms with Crippen molar-refractivity contribution in [3.63, 3.8) is 0 Å². The maximum Gasteiger partial charge on any atom is 0.137 e. The van der Waals surface area contributed by atoms with Gasteiger partial charge in [0.05, 0.1) is 24.4 Å². The normalized spacial score (nSPS) is 10.6. The van der Waals surface area contributed by atoms with Gasteiger partial charge < -0.3 is 9.14 Å². The van der Waals surface area contributed by atoms with Gasteiger partial charge in [-0.2, -0.15) is 5.26 Å². The minimum Gasteiger partial charge on any atom is -0.496 e. The number of pyridine rings is 1. The second kappa shape index (κ2) is 6.14. The molecule has 0 aliphatic carbocycles. The molecule has 2 heterocycles. The third-order valence-electron chi connectivity index (χ3n) is 4.19. The third kappa shape index (κ3) is 2.52. The van der Waals surface area contributed by atoms with Crippen molar-refractivity contribution in [3.05, 3.63) is 78.6 Å². The highest BCUT2D eigenvalue weighted by Crippen LogP contribution is 2.41. The number of fused-ring (bicyclic) bond motifs is 1. The zero-order valence-electron chi connectivity index (χ0n) is 13.7. The summed E-state index contributed by atoms with van der Waals surface area (Å²) >= 11 is 0. The molecule has 0 atom stereocenters. The molecule has 0 saturated heterocycles. The molecule has 120 valence electrons. The van der Waals surface area contributed by atoms with Crippen LogP contribution in [0.3, 0.4) is 0 Å². The molecule has 0 spiro atoms. The molecule has 0 bridgehead atoms. The van der Waals surface area contributed by atoms with Gasteiger partial charge in [0.1, 0.15) is 11.4 Å². The Morgan fingerprint density at radius 2 is 1.76 bits per heavy atom. The first-order chi connectivity index (χ1) is 12.3. The number of imidazole rings is 1. The lowest BCUT2D eigenvalue weighted by molar-refractivity contribution is 0.416. The molecule has 2 aromatic heterocycles. The Kier molecular flexibility index (Phi) is 3.68. The lowest BCUT2D eigenvalue weighted by Gasteiger charge is -2.14. The van der Waals surface area contributed by atoms with Crippen molar-refractivity contribution < 1.29 is 4.74 Å². The molecule has 0 unspecified atom stereocenters. The maximum absolute atomic E-state index is 9.66. The fraction of sp³-hybridized carbons (Fsp3) is 0.0476. The highest BCUT2D eigenvalue weighted by Gasteiger charge is 2.19. The van der Waals surface area contributed by atoms with Gasteiger partial charge in [-0.3, -0.25) is 0 Å². The monoisotopic (exact) mass is 325 g/mol. The minimum atomic E-state index is 0.572. The quantitative estimate of drug-likeness (QED) is 0.555. The molecule has 4 rings (SSSR count). The SMILES string of the molecule is COc1ccc(C#N)c(-c2cn3ccccc3n2)c1-c1ccccc1. The number of nitrogens with zero attached hydrogens (tertiary/aromatic N) is 3. The lowest BCUT2D eigenvalue weighted by atomic mass is 9.93. The molecule has 4 heteroatoms. The van der Waals surface area contributed by atoms with Gasteiger partial charge in [-0.1, -0.05) is 36.4 Å². The standard InChI is InChI=1S/C21H15N3O/c1-25-18-11-10-16(13-22)20(21(18)15-7-3-2-4-8-15)17-14-24-12-6-5-9-19(24)23-17/h2-12,14H,1H3. The van der Waals surface area contributed by atoms with Crippen molar-refractivity contribution in [1.82, 2.24) is 9.38 Å². The summed E-state index contributed by atoms with van der Waals surface area (Å²) in [6, 6.07) is 21.7. The number of benzene rings is 2. The summed E-state index contributed by atoms with van der Waals surface area (Å²) in [6.07, 6.45) is 3.89. The molecule has 4 aromatic rings. The van der Waals surface area contributed by atoms with Crippen LogP contribution in [0.4, 0.5) is 0 Å². The molecule has 2 aromatic carbocycles. The van der Waals surface area contributed by atoms with Gasteiger partial charge in [0.2, 0.25) is 0 Å². The van der Waals surface area contributed by atoms with Crippen molar-refractivity contribution in [1.29, 1.82) is 5.26 Å². The molecule has 0 aliphatic rings. The summed E-state index contributed by atoms with van der Waals surface area (Å²) in [5, 5.41) is 9.66. The average molecular weight is 325 g/mol. The summed E-state index contributed by atoms with van der Waals surface area (Å²) < 4.78 is 7.54. The van der Waals surface area contributed by atoms with Crippen LogP contribution in [-0.4, -0.2) is 16.5 Å². The van der Waals surface area contributed by atoms with E-state index in [0.29, 0.717) is 5.56 Å². The van der Waals surface area contributed by atoms with E-state index in [1.165, 1.54) is 0 Å². The number of hydrogen-bond acceptors (Lipinski definition) is 3. The summed E-state index contributed by atoms with van der Waals surface area (Å²) in [6.45, 7) is 0. The smallest absolute Gasteiger partial charge is 0.137 e. The van der Waals surface area contributed by atoms with Gasteiger partial charge in [0.15, 0.2) is 0 Å². The van der Waals surface area contributed by atoms with Crippen molar-refractivity contribution in [2.75, 3.05) is 7.11 Å². The largest absolute Gasteiger partial charge is 0.496 e. The Labute approximate surface area is 145 Å². The average Bonchev–Trinajstić information content (AvgIpc) is 3.11. The Morgan fingerprint density at radius 1 is 0.960 bits per heavy atom. The second-order valence-electron chi connectivity index (χ2n) is 5.64. The Hall–Kier alpha value is -3.58. The molecule has 4 nitrogen and oxygen atoms in total. The van der Waals surface area contributed by atoms with E-state index in [-0.39, 0.29) is 0 Å². The summed E-state index contributed by atoms with van der Waals surface area (Å²) in [7, 11) is 1.64. The fourth-order valence-electron chi connectivity index (χ4n) is 3.06. The zero-order chi connectivity index (χ0) is 17.2. The zero-order valence-corrected chi connectivity index (χ0v) is 13.7. The molecule has 0 saturated carbocycles. The predicted octanol–water partition coefficient (Wildman–Crippen LogP) is 4.55. The summed E-state index contributed by atoms with van der Waals surface area (Å²) in [5.41, 5.74) is 4.82. The van der Waals surface area contributed by atoms with Crippen LogP contribution in [-0.2, 0) is 0 Å². The maximum atomic E-state index is 9.66. The number of ether oxygens (including phenoxy) is 1. The van der Waals surface area contributed by atoms with Gasteiger partial charge in [-0.05, 0) is 29.8 Å². The summed E-state index contributed by atoms with van der Waals surface area (Å²) in [5.74, 6) is 0.720. The van der Waals surface area contributed by atoms with Crippen molar-refractivity contribution >= 4 is 5.65 Å². The number of hydrogen-bond donors (Lipinski definition) is 0. The van der Waals surface area contributed by atoms with Gasteiger partial charge in [0, 0.05) is 23.5 Å². The van der Waals surface area contributed by atoms with E-state index in [0.717, 1.165) is 33.8 Å². The highest BCUT2D eigenvalue weighted by atomic mass is 16.5. The molecular formula is C21H15N3O. The number of rotatable bonds is 3. The van der Waals surface area contributed by atoms with E-state index in [2.05, 4.69) is 6.07 Å². The Balaban J connectivity index is 2.08. The van der Waals surface area contributed by atoms with Gasteiger partial charge in [-0.25, -0.2) is 4.98 Å². The third-order valence-corrected chi connectivity index (χ3v) is 4.19. The van der Waals surface area contributed by atoms with Gasteiger partial charge in [0.25, 0.3) is 0 Å². The van der Waals surface area contributed by atoms with E-state index in [9.17, 15) is 5.26 Å². The van der Waals surface area contributed by atoms with E-state index < -0.39 is 0 Å². The number of aromatic nitrogens is 2. The molecule has 0 amide bonds. The molecule has 0 fully saturated rings. The van der Waals surface area contributed by atoms with Crippen LogP contribution in [0.25, 0.3) is 28.0 Å². The summed E-state index contributed by atoms with van der Waals surface area (Å²) in [4.78, 5) is 4.71. The molecule has 0 radical (unpaired) electrons. The van der Waals surface area contributed by atoms with Crippen molar-refractivity contribution in [2.24, 2.45) is 0 Å². The van der Waals surface area contributed by atoms with Crippen LogP contribution < -0.4 is 4.74 Å².